The standard InChI is InChI=1S/C34H51NO6/c1-24-13-7-4-5-10-16-28(20-19-27-14-8-6-9-15-27)40-32(37)29-17-11-12-22-35(29)33(38)34(39)31(36)25(2)18-21-30(41-34)26(3)23-24/h6,8-9,14-15,24-26,28-30,39H,4-5,7,10-13,16-23H2,1-3H3/t24-,25-,26-,28+,29+,30?,34?/m1/s1. The summed E-state index contributed by atoms with van der Waals surface area (Å²) in [6, 6.07) is 9.38. The minimum absolute atomic E-state index is 0.0915. The summed E-state index contributed by atoms with van der Waals surface area (Å²) in [5.74, 6) is -4.35. The number of hydrogen-bond acceptors (Lipinski definition) is 6. The molecule has 7 atom stereocenters. The topological polar surface area (TPSA) is 93.1 Å². The van der Waals surface area contributed by atoms with Crippen LogP contribution in [0.25, 0.3) is 0 Å². The van der Waals surface area contributed by atoms with Crippen LogP contribution in [0.2, 0.25) is 0 Å². The van der Waals surface area contributed by atoms with E-state index in [1.165, 1.54) is 10.5 Å². The van der Waals surface area contributed by atoms with Crippen molar-refractivity contribution in [1.82, 2.24) is 4.90 Å². The van der Waals surface area contributed by atoms with E-state index >= 15 is 0 Å². The molecule has 4 rings (SSSR count). The van der Waals surface area contributed by atoms with Crippen LogP contribution >= 0.6 is 0 Å². The molecule has 2 bridgehead atoms. The first-order valence-electron chi connectivity index (χ1n) is 16.2. The van der Waals surface area contributed by atoms with Crippen LogP contribution < -0.4 is 0 Å². The molecule has 7 heteroatoms. The van der Waals surface area contributed by atoms with Crippen molar-refractivity contribution in [3.05, 3.63) is 35.9 Å². The van der Waals surface area contributed by atoms with Gasteiger partial charge in [-0.3, -0.25) is 9.59 Å². The van der Waals surface area contributed by atoms with Crippen LogP contribution in [0.5, 0.6) is 0 Å². The van der Waals surface area contributed by atoms with Gasteiger partial charge in [-0.25, -0.2) is 4.79 Å². The Hall–Kier alpha value is -2.25. The van der Waals surface area contributed by atoms with E-state index in [4.69, 9.17) is 9.47 Å². The molecule has 3 aliphatic rings. The van der Waals surface area contributed by atoms with E-state index in [0.717, 1.165) is 64.2 Å². The van der Waals surface area contributed by atoms with Crippen molar-refractivity contribution in [3.8, 4) is 0 Å². The Balaban J connectivity index is 1.59. The Morgan fingerprint density at radius 2 is 1.59 bits per heavy atom. The molecule has 0 aliphatic carbocycles. The molecule has 1 aromatic rings. The molecule has 41 heavy (non-hydrogen) atoms. The van der Waals surface area contributed by atoms with Crippen molar-refractivity contribution in [2.45, 2.75) is 135 Å². The Labute approximate surface area is 246 Å². The molecule has 0 aromatic heterocycles. The van der Waals surface area contributed by atoms with Gasteiger partial charge in [-0.1, -0.05) is 76.8 Å². The lowest BCUT2D eigenvalue weighted by atomic mass is 9.87. The van der Waals surface area contributed by atoms with Crippen molar-refractivity contribution in [2.24, 2.45) is 17.8 Å². The van der Waals surface area contributed by atoms with E-state index in [0.29, 0.717) is 31.6 Å². The van der Waals surface area contributed by atoms with Crippen molar-refractivity contribution < 1.29 is 29.0 Å². The number of aliphatic hydroxyl groups is 1. The highest BCUT2D eigenvalue weighted by molar-refractivity contribution is 6.09. The smallest absolute Gasteiger partial charge is 0.329 e. The highest BCUT2D eigenvalue weighted by Gasteiger charge is 2.55. The number of rotatable bonds is 3. The fraction of sp³-hybridized carbons (Fsp3) is 0.735. The molecule has 3 aliphatic heterocycles. The fourth-order valence-corrected chi connectivity index (χ4v) is 6.99. The normalized spacial score (nSPS) is 35.0. The number of cyclic esters (lactones) is 1. The lowest BCUT2D eigenvalue weighted by molar-refractivity contribution is -0.234. The third-order valence-corrected chi connectivity index (χ3v) is 9.58. The SMILES string of the molecule is C[C@@H]1CCCCCC[C@@H](CCc2ccccc2)OC(=O)[C@@H]2CCCCN2C(=O)C2(O)OC(CC[C@@H](C)C2=O)[C@H](C)C1. The third kappa shape index (κ3) is 8.19. The van der Waals surface area contributed by atoms with Gasteiger partial charge in [-0.05, 0) is 81.6 Å². The minimum atomic E-state index is -2.58. The zero-order valence-corrected chi connectivity index (χ0v) is 25.4. The van der Waals surface area contributed by atoms with Gasteiger partial charge in [0.15, 0.2) is 0 Å². The summed E-state index contributed by atoms with van der Waals surface area (Å²) in [5, 5.41) is 11.7. The fourth-order valence-electron chi connectivity index (χ4n) is 6.99. The predicted octanol–water partition coefficient (Wildman–Crippen LogP) is 6.00. The number of benzene rings is 1. The number of esters is 1. The van der Waals surface area contributed by atoms with Crippen LogP contribution in [0.15, 0.2) is 30.3 Å². The molecule has 3 fully saturated rings. The predicted molar refractivity (Wildman–Crippen MR) is 158 cm³/mol. The Bertz CT molecular complexity index is 1010. The summed E-state index contributed by atoms with van der Waals surface area (Å²) in [6.45, 7) is 6.40. The zero-order valence-electron chi connectivity index (χ0n) is 25.4. The summed E-state index contributed by atoms with van der Waals surface area (Å²) >= 11 is 0. The molecule has 0 radical (unpaired) electrons. The molecular weight excluding hydrogens is 518 g/mol. The second kappa shape index (κ2) is 14.8. The van der Waals surface area contributed by atoms with Crippen LogP contribution in [0.3, 0.4) is 0 Å². The second-order valence-electron chi connectivity index (χ2n) is 13.0. The van der Waals surface area contributed by atoms with Gasteiger partial charge in [-0.15, -0.1) is 0 Å². The van der Waals surface area contributed by atoms with Crippen LogP contribution in [0.1, 0.15) is 110 Å². The molecule has 1 aromatic carbocycles. The first-order valence-corrected chi connectivity index (χ1v) is 16.2. The highest BCUT2D eigenvalue weighted by Crippen LogP contribution is 2.35. The van der Waals surface area contributed by atoms with Crippen molar-refractivity contribution in [2.75, 3.05) is 6.54 Å². The quantitative estimate of drug-likeness (QED) is 0.354. The summed E-state index contributed by atoms with van der Waals surface area (Å²) < 4.78 is 12.3. The average molecular weight is 570 g/mol. The number of Topliss-reactive ketones (excluding diaryl/α,β-unsaturated/α-hetero) is 1. The van der Waals surface area contributed by atoms with E-state index in [1.807, 2.05) is 18.2 Å². The van der Waals surface area contributed by atoms with Crippen molar-refractivity contribution in [1.29, 1.82) is 0 Å². The number of nitrogens with zero attached hydrogens (tertiary/aromatic N) is 1. The van der Waals surface area contributed by atoms with Crippen LogP contribution in [-0.2, 0) is 30.3 Å². The molecule has 1 N–H and O–H groups in total. The number of piperidine rings is 1. The monoisotopic (exact) mass is 569 g/mol. The van der Waals surface area contributed by atoms with Crippen molar-refractivity contribution >= 4 is 17.7 Å². The number of aryl methyl sites for hydroxylation is 1. The maximum atomic E-state index is 14.0. The third-order valence-electron chi connectivity index (χ3n) is 9.58. The highest BCUT2D eigenvalue weighted by atomic mass is 16.6. The molecule has 3 saturated heterocycles. The van der Waals surface area contributed by atoms with E-state index < -0.39 is 41.5 Å². The van der Waals surface area contributed by atoms with Crippen LogP contribution in [0, 0.1) is 17.8 Å². The number of hydrogen-bond donors (Lipinski definition) is 1. The van der Waals surface area contributed by atoms with Crippen LogP contribution in [-0.4, -0.2) is 58.2 Å². The van der Waals surface area contributed by atoms with Crippen molar-refractivity contribution in [3.63, 3.8) is 0 Å². The summed E-state index contributed by atoms with van der Waals surface area (Å²) in [5.41, 5.74) is 1.20. The first kappa shape index (κ1) is 31.7. The van der Waals surface area contributed by atoms with E-state index in [9.17, 15) is 19.5 Å². The second-order valence-corrected chi connectivity index (χ2v) is 13.0. The zero-order chi connectivity index (χ0) is 29.4. The molecule has 0 spiro atoms. The number of fused-ring (bicyclic) bond motifs is 3. The Kier molecular flexibility index (Phi) is 11.4. The van der Waals surface area contributed by atoms with Gasteiger partial charge in [-0.2, -0.15) is 0 Å². The van der Waals surface area contributed by atoms with E-state index in [-0.39, 0.29) is 18.6 Å². The Morgan fingerprint density at radius 3 is 2.34 bits per heavy atom. The molecule has 7 nitrogen and oxygen atoms in total. The summed E-state index contributed by atoms with van der Waals surface area (Å²) in [4.78, 5) is 42.6. The molecule has 3 heterocycles. The number of carbonyl (C=O) groups is 3. The number of carbonyl (C=O) groups excluding carboxylic acids is 3. The number of amides is 1. The summed E-state index contributed by atoms with van der Waals surface area (Å²) in [7, 11) is 0. The molecule has 0 saturated carbocycles. The molecule has 1 amide bonds. The lowest BCUT2D eigenvalue weighted by Gasteiger charge is -2.40. The number of ketones is 1. The van der Waals surface area contributed by atoms with Gasteiger partial charge in [0.2, 0.25) is 5.78 Å². The van der Waals surface area contributed by atoms with Gasteiger partial charge in [0, 0.05) is 12.5 Å². The largest absolute Gasteiger partial charge is 0.461 e. The maximum absolute atomic E-state index is 14.0. The first-order chi connectivity index (χ1) is 19.7. The van der Waals surface area contributed by atoms with Gasteiger partial charge in [0.25, 0.3) is 5.91 Å². The molecule has 228 valence electrons. The lowest BCUT2D eigenvalue weighted by Crippen LogP contribution is -2.62. The number of ether oxygens (including phenoxy) is 2. The molecule has 2 unspecified atom stereocenters. The minimum Gasteiger partial charge on any atom is -0.461 e. The molecular formula is C34H51NO6. The Morgan fingerprint density at radius 1 is 0.878 bits per heavy atom. The summed E-state index contributed by atoms with van der Waals surface area (Å²) in [6.07, 6.45) is 11.2. The van der Waals surface area contributed by atoms with Gasteiger partial charge in [0.05, 0.1) is 6.10 Å². The maximum Gasteiger partial charge on any atom is 0.329 e. The van der Waals surface area contributed by atoms with E-state index in [2.05, 4.69) is 26.0 Å². The van der Waals surface area contributed by atoms with E-state index in [1.54, 1.807) is 6.92 Å². The average Bonchev–Trinajstić information content (AvgIpc) is 3.09. The van der Waals surface area contributed by atoms with Crippen LogP contribution in [0.4, 0.5) is 0 Å². The van der Waals surface area contributed by atoms with Gasteiger partial charge in [0.1, 0.15) is 12.1 Å². The van der Waals surface area contributed by atoms with Gasteiger partial charge >= 0.3 is 11.8 Å². The van der Waals surface area contributed by atoms with Gasteiger partial charge < -0.3 is 19.5 Å².